The maximum absolute atomic E-state index is 12.8. The number of piperidine rings is 1. The normalized spacial score (nSPS) is 17.2. The Kier molecular flexibility index (Phi) is 7.92. The molecule has 2 heterocycles. The smallest absolute Gasteiger partial charge is 0.410 e. The van der Waals surface area contributed by atoms with Gasteiger partial charge in [0.15, 0.2) is 0 Å². The highest BCUT2D eigenvalue weighted by Gasteiger charge is 2.29. The summed E-state index contributed by atoms with van der Waals surface area (Å²) in [5.74, 6) is -0.470. The molecule has 1 aromatic rings. The molecule has 0 bridgehead atoms. The molecular weight excluding hydrogens is 384 g/mol. The van der Waals surface area contributed by atoms with E-state index in [1.807, 2.05) is 51.4 Å². The topological polar surface area (TPSA) is 92.7 Å². The highest BCUT2D eigenvalue weighted by molar-refractivity contribution is 5.96. The van der Waals surface area contributed by atoms with Crippen LogP contribution in [-0.4, -0.2) is 58.1 Å². The number of carbonyl (C=O) groups is 3. The molecular formula is C22H36N4O4. The van der Waals surface area contributed by atoms with Gasteiger partial charge in [-0.15, -0.1) is 0 Å². The zero-order valence-electron chi connectivity index (χ0n) is 19.0. The molecule has 0 aromatic carbocycles. The summed E-state index contributed by atoms with van der Waals surface area (Å²) in [5.41, 5.74) is 0.00579. The van der Waals surface area contributed by atoms with Gasteiger partial charge in [0.2, 0.25) is 5.91 Å². The van der Waals surface area contributed by atoms with Crippen LogP contribution in [0.15, 0.2) is 18.3 Å². The van der Waals surface area contributed by atoms with Crippen LogP contribution in [0.5, 0.6) is 0 Å². The van der Waals surface area contributed by atoms with Crippen LogP contribution in [0.4, 0.5) is 4.79 Å². The Morgan fingerprint density at radius 3 is 2.37 bits per heavy atom. The lowest BCUT2D eigenvalue weighted by Crippen LogP contribution is -2.47. The molecule has 30 heavy (non-hydrogen) atoms. The highest BCUT2D eigenvalue weighted by atomic mass is 16.6. The highest BCUT2D eigenvalue weighted by Crippen LogP contribution is 2.25. The SMILES string of the molecule is CCC(C)NC(=O)C(C)NC(=O)c1cccn1C1CCN(C(=O)OC(C)(C)C)CC1. The second-order valence-electron chi connectivity index (χ2n) is 9.01. The van der Waals surface area contributed by atoms with Crippen LogP contribution in [0.25, 0.3) is 0 Å². The van der Waals surface area contributed by atoms with E-state index in [9.17, 15) is 14.4 Å². The van der Waals surface area contributed by atoms with Gasteiger partial charge in [-0.05, 0) is 66.0 Å². The number of nitrogens with zero attached hydrogens (tertiary/aromatic N) is 2. The zero-order valence-corrected chi connectivity index (χ0v) is 19.0. The Morgan fingerprint density at radius 1 is 1.17 bits per heavy atom. The summed E-state index contributed by atoms with van der Waals surface area (Å²) in [6.45, 7) is 12.3. The molecule has 2 rings (SSSR count). The molecule has 2 unspecified atom stereocenters. The third-order valence-electron chi connectivity index (χ3n) is 5.26. The lowest BCUT2D eigenvalue weighted by atomic mass is 10.0. The molecule has 1 aromatic heterocycles. The number of hydrogen-bond donors (Lipinski definition) is 2. The summed E-state index contributed by atoms with van der Waals surface area (Å²) in [6.07, 6.45) is 3.88. The number of amides is 3. The standard InChI is InChI=1S/C22H36N4O4/c1-7-15(2)23-19(27)16(3)24-20(28)18-9-8-12-26(18)17-10-13-25(14-11-17)21(29)30-22(4,5)6/h8-9,12,15-17H,7,10-11,13-14H2,1-6H3,(H,23,27)(H,24,28). The molecule has 0 saturated carbocycles. The summed E-state index contributed by atoms with van der Waals surface area (Å²) < 4.78 is 7.39. The first-order valence-electron chi connectivity index (χ1n) is 10.8. The van der Waals surface area contributed by atoms with Crippen molar-refractivity contribution in [1.82, 2.24) is 20.1 Å². The maximum Gasteiger partial charge on any atom is 0.410 e. The van der Waals surface area contributed by atoms with Crippen molar-refractivity contribution in [3.8, 4) is 0 Å². The predicted octanol–water partition coefficient (Wildman–Crippen LogP) is 3.09. The average molecular weight is 421 g/mol. The van der Waals surface area contributed by atoms with Gasteiger partial charge in [0.05, 0.1) is 0 Å². The number of nitrogens with one attached hydrogen (secondary N) is 2. The molecule has 3 amide bonds. The summed E-state index contributed by atoms with van der Waals surface area (Å²) in [5, 5.41) is 5.67. The number of likely N-dealkylation sites (tertiary alicyclic amines) is 1. The first kappa shape index (κ1) is 23.8. The van der Waals surface area contributed by atoms with Crippen LogP contribution >= 0.6 is 0 Å². The van der Waals surface area contributed by atoms with E-state index < -0.39 is 11.6 Å². The first-order valence-corrected chi connectivity index (χ1v) is 10.8. The fourth-order valence-corrected chi connectivity index (χ4v) is 3.36. The Hall–Kier alpha value is -2.51. The van der Waals surface area contributed by atoms with Crippen molar-refractivity contribution in [3.05, 3.63) is 24.0 Å². The number of aromatic nitrogens is 1. The second-order valence-corrected chi connectivity index (χ2v) is 9.01. The van der Waals surface area contributed by atoms with Crippen LogP contribution in [-0.2, 0) is 9.53 Å². The Balaban J connectivity index is 1.95. The van der Waals surface area contributed by atoms with Gasteiger partial charge in [-0.25, -0.2) is 4.79 Å². The van der Waals surface area contributed by atoms with E-state index in [1.165, 1.54) is 0 Å². The lowest BCUT2D eigenvalue weighted by molar-refractivity contribution is -0.123. The number of carbonyl (C=O) groups excluding carboxylic acids is 3. The number of ether oxygens (including phenoxy) is 1. The van der Waals surface area contributed by atoms with Crippen LogP contribution < -0.4 is 10.6 Å². The molecule has 0 radical (unpaired) electrons. The molecule has 1 fully saturated rings. The van der Waals surface area contributed by atoms with Crippen molar-refractivity contribution < 1.29 is 19.1 Å². The molecule has 168 valence electrons. The van der Waals surface area contributed by atoms with E-state index in [2.05, 4.69) is 10.6 Å². The van der Waals surface area contributed by atoms with Crippen molar-refractivity contribution in [1.29, 1.82) is 0 Å². The van der Waals surface area contributed by atoms with Crippen molar-refractivity contribution in [2.24, 2.45) is 0 Å². The van der Waals surface area contributed by atoms with Crippen LogP contribution in [0.1, 0.15) is 77.3 Å². The molecule has 8 nitrogen and oxygen atoms in total. The van der Waals surface area contributed by atoms with Gasteiger partial charge in [0.1, 0.15) is 17.3 Å². The van der Waals surface area contributed by atoms with E-state index in [0.717, 1.165) is 19.3 Å². The minimum atomic E-state index is -0.621. The zero-order chi connectivity index (χ0) is 22.5. The summed E-state index contributed by atoms with van der Waals surface area (Å²) in [4.78, 5) is 39.0. The Bertz CT molecular complexity index is 745. The number of rotatable bonds is 6. The van der Waals surface area contributed by atoms with Gasteiger partial charge in [-0.1, -0.05) is 6.92 Å². The van der Waals surface area contributed by atoms with Gasteiger partial charge < -0.3 is 24.8 Å². The molecule has 1 aliphatic rings. The van der Waals surface area contributed by atoms with Crippen molar-refractivity contribution in [3.63, 3.8) is 0 Å². The molecule has 2 atom stereocenters. The van der Waals surface area contributed by atoms with E-state index in [-0.39, 0.29) is 30.0 Å². The Labute approximate surface area is 179 Å². The third kappa shape index (κ3) is 6.50. The van der Waals surface area contributed by atoms with E-state index in [1.54, 1.807) is 17.9 Å². The molecule has 0 spiro atoms. The van der Waals surface area contributed by atoms with Gasteiger partial charge in [0.25, 0.3) is 5.91 Å². The molecule has 1 aliphatic heterocycles. The van der Waals surface area contributed by atoms with Crippen molar-refractivity contribution in [2.75, 3.05) is 13.1 Å². The maximum atomic E-state index is 12.8. The first-order chi connectivity index (χ1) is 14.0. The quantitative estimate of drug-likeness (QED) is 0.740. The van der Waals surface area contributed by atoms with Crippen molar-refractivity contribution in [2.45, 2.75) is 84.5 Å². The largest absolute Gasteiger partial charge is 0.444 e. The van der Waals surface area contributed by atoms with Crippen molar-refractivity contribution >= 4 is 17.9 Å². The van der Waals surface area contributed by atoms with Crippen LogP contribution in [0.2, 0.25) is 0 Å². The molecule has 2 N–H and O–H groups in total. The van der Waals surface area contributed by atoms with Crippen LogP contribution in [0, 0.1) is 0 Å². The lowest BCUT2D eigenvalue weighted by Gasteiger charge is -2.34. The monoisotopic (exact) mass is 420 g/mol. The average Bonchev–Trinajstić information content (AvgIpc) is 3.16. The van der Waals surface area contributed by atoms with E-state index in [0.29, 0.717) is 18.8 Å². The van der Waals surface area contributed by atoms with E-state index >= 15 is 0 Å². The summed E-state index contributed by atoms with van der Waals surface area (Å²) in [7, 11) is 0. The van der Waals surface area contributed by atoms with E-state index in [4.69, 9.17) is 4.74 Å². The molecule has 1 saturated heterocycles. The third-order valence-corrected chi connectivity index (χ3v) is 5.26. The number of hydrogen-bond acceptors (Lipinski definition) is 4. The summed E-state index contributed by atoms with van der Waals surface area (Å²) >= 11 is 0. The minimum absolute atomic E-state index is 0.0656. The molecule has 0 aliphatic carbocycles. The predicted molar refractivity (Wildman–Crippen MR) is 115 cm³/mol. The summed E-state index contributed by atoms with van der Waals surface area (Å²) in [6, 6.07) is 3.15. The molecule has 8 heteroatoms. The van der Waals surface area contributed by atoms with Gasteiger partial charge in [0, 0.05) is 31.4 Å². The van der Waals surface area contributed by atoms with Gasteiger partial charge in [-0.2, -0.15) is 0 Å². The fraction of sp³-hybridized carbons (Fsp3) is 0.682. The Morgan fingerprint density at radius 2 is 1.80 bits per heavy atom. The second kappa shape index (κ2) is 10.00. The van der Waals surface area contributed by atoms with Crippen LogP contribution in [0.3, 0.4) is 0 Å². The fourth-order valence-electron chi connectivity index (χ4n) is 3.36. The minimum Gasteiger partial charge on any atom is -0.444 e. The van der Waals surface area contributed by atoms with Gasteiger partial charge in [-0.3, -0.25) is 9.59 Å². The van der Waals surface area contributed by atoms with Gasteiger partial charge >= 0.3 is 6.09 Å².